The van der Waals surface area contributed by atoms with Crippen LogP contribution in [0.25, 0.3) is 0 Å². The molecule has 0 atom stereocenters. The van der Waals surface area contributed by atoms with E-state index in [0.29, 0.717) is 0 Å². The van der Waals surface area contributed by atoms with Crippen LogP contribution in [0.4, 0.5) is 0 Å². The minimum atomic E-state index is -0.168. The van der Waals surface area contributed by atoms with Crippen LogP contribution in [0, 0.1) is 22.7 Å². The summed E-state index contributed by atoms with van der Waals surface area (Å²) >= 11 is 0. The molecular weight excluding hydrogens is 152 g/mol. The average molecular weight is 160 g/mol. The summed E-state index contributed by atoms with van der Waals surface area (Å²) in [4.78, 5) is 3.66. The van der Waals surface area contributed by atoms with Crippen molar-refractivity contribution >= 4 is 6.21 Å². The lowest BCUT2D eigenvalue weighted by Crippen LogP contribution is -1.97. The second-order valence-electron chi connectivity index (χ2n) is 1.79. The quantitative estimate of drug-likeness (QED) is 0.480. The zero-order chi connectivity index (χ0) is 9.40. The van der Waals surface area contributed by atoms with Crippen LogP contribution in [0.1, 0.15) is 6.92 Å². The minimum Gasteiger partial charge on any atom is -0.388 e. The molecule has 0 radical (unpaired) electrons. The molecule has 4 nitrogen and oxygen atoms in total. The fourth-order valence-corrected chi connectivity index (χ4v) is 0.415. The van der Waals surface area contributed by atoms with E-state index < -0.39 is 0 Å². The van der Waals surface area contributed by atoms with Crippen LogP contribution in [0.2, 0.25) is 0 Å². The zero-order valence-electron chi connectivity index (χ0n) is 6.65. The Hall–Kier alpha value is -2.07. The third-order valence-corrected chi connectivity index (χ3v) is 0.964. The van der Waals surface area contributed by atoms with E-state index in [2.05, 4.69) is 4.99 Å². The van der Waals surface area contributed by atoms with Crippen molar-refractivity contribution in [3.63, 3.8) is 0 Å². The Morgan fingerprint density at radius 3 is 2.50 bits per heavy atom. The van der Waals surface area contributed by atoms with Gasteiger partial charge in [0, 0.05) is 6.21 Å². The van der Waals surface area contributed by atoms with Crippen molar-refractivity contribution < 1.29 is 0 Å². The molecule has 60 valence electrons. The first-order valence-electron chi connectivity index (χ1n) is 3.21. The standard InChI is InChI=1S/C8H8N4/c1-2-3-4-12-8(6-10)7(11)5-9/h2-4H,11H2,1H3/b3-2?,8-7-,12-4?. The maximum absolute atomic E-state index is 8.45. The number of allylic oxidation sites excluding steroid dienone is 4. The third kappa shape index (κ3) is 3.19. The van der Waals surface area contributed by atoms with Gasteiger partial charge in [-0.1, -0.05) is 6.08 Å². The van der Waals surface area contributed by atoms with E-state index in [1.54, 1.807) is 24.3 Å². The van der Waals surface area contributed by atoms with Crippen molar-refractivity contribution in [2.24, 2.45) is 10.7 Å². The smallest absolute Gasteiger partial charge is 0.174 e. The number of nitriles is 2. The monoisotopic (exact) mass is 160 g/mol. The highest BCUT2D eigenvalue weighted by Crippen LogP contribution is 1.96. The van der Waals surface area contributed by atoms with Crippen LogP contribution in [-0.4, -0.2) is 6.21 Å². The summed E-state index contributed by atoms with van der Waals surface area (Å²) in [5, 5.41) is 16.8. The molecule has 0 aliphatic carbocycles. The van der Waals surface area contributed by atoms with Gasteiger partial charge in [-0.05, 0) is 13.0 Å². The van der Waals surface area contributed by atoms with Crippen molar-refractivity contribution in [3.8, 4) is 12.1 Å². The van der Waals surface area contributed by atoms with E-state index in [4.69, 9.17) is 16.3 Å². The lowest BCUT2D eigenvalue weighted by atomic mass is 10.4. The molecule has 12 heavy (non-hydrogen) atoms. The predicted molar refractivity (Wildman–Crippen MR) is 45.7 cm³/mol. The van der Waals surface area contributed by atoms with E-state index >= 15 is 0 Å². The van der Waals surface area contributed by atoms with Gasteiger partial charge in [0.2, 0.25) is 0 Å². The Morgan fingerprint density at radius 2 is 2.08 bits per heavy atom. The van der Waals surface area contributed by atoms with E-state index in [-0.39, 0.29) is 11.4 Å². The van der Waals surface area contributed by atoms with E-state index in [9.17, 15) is 0 Å². The molecule has 4 heteroatoms. The van der Waals surface area contributed by atoms with Crippen molar-refractivity contribution in [3.05, 3.63) is 23.5 Å². The summed E-state index contributed by atoms with van der Waals surface area (Å²) in [6.07, 6.45) is 4.80. The SMILES string of the molecule is CC=CC=N/C(C#N)=C(\N)C#N. The van der Waals surface area contributed by atoms with Gasteiger partial charge in [0.15, 0.2) is 5.70 Å². The average Bonchev–Trinajstić information content (AvgIpc) is 2.11. The summed E-state index contributed by atoms with van der Waals surface area (Å²) in [6, 6.07) is 3.35. The number of hydrogen-bond donors (Lipinski definition) is 1. The maximum atomic E-state index is 8.45. The highest BCUT2D eigenvalue weighted by molar-refractivity contribution is 5.72. The van der Waals surface area contributed by atoms with Crippen molar-refractivity contribution in [2.45, 2.75) is 6.92 Å². The number of rotatable bonds is 2. The van der Waals surface area contributed by atoms with Gasteiger partial charge in [-0.3, -0.25) is 0 Å². The molecule has 0 aromatic rings. The Morgan fingerprint density at radius 1 is 1.42 bits per heavy atom. The first kappa shape index (κ1) is 9.93. The minimum absolute atomic E-state index is 0.0596. The molecule has 0 aromatic heterocycles. The van der Waals surface area contributed by atoms with Crippen molar-refractivity contribution in [2.75, 3.05) is 0 Å². The van der Waals surface area contributed by atoms with E-state index in [1.165, 1.54) is 6.21 Å². The molecule has 0 amide bonds. The molecule has 0 saturated heterocycles. The van der Waals surface area contributed by atoms with Gasteiger partial charge >= 0.3 is 0 Å². The van der Waals surface area contributed by atoms with Crippen LogP contribution in [0.15, 0.2) is 28.5 Å². The molecule has 0 unspecified atom stereocenters. The second kappa shape index (κ2) is 5.70. The van der Waals surface area contributed by atoms with Gasteiger partial charge in [-0.15, -0.1) is 0 Å². The zero-order valence-corrected chi connectivity index (χ0v) is 6.65. The largest absolute Gasteiger partial charge is 0.388 e. The highest BCUT2D eigenvalue weighted by atomic mass is 14.8. The number of aliphatic imine (C=N–C) groups is 1. The predicted octanol–water partition coefficient (Wildman–Crippen LogP) is 0.851. The van der Waals surface area contributed by atoms with Gasteiger partial charge in [-0.2, -0.15) is 10.5 Å². The van der Waals surface area contributed by atoms with Gasteiger partial charge in [0.05, 0.1) is 0 Å². The van der Waals surface area contributed by atoms with Crippen LogP contribution in [-0.2, 0) is 0 Å². The molecule has 0 rings (SSSR count). The molecule has 0 aromatic carbocycles. The Kier molecular flexibility index (Phi) is 4.71. The number of nitrogens with zero attached hydrogens (tertiary/aromatic N) is 3. The maximum Gasteiger partial charge on any atom is 0.174 e. The van der Waals surface area contributed by atoms with E-state index in [0.717, 1.165) is 0 Å². The fraction of sp³-hybridized carbons (Fsp3) is 0.125. The van der Waals surface area contributed by atoms with Gasteiger partial charge in [0.25, 0.3) is 0 Å². The lowest BCUT2D eigenvalue weighted by molar-refractivity contribution is 1.27. The summed E-state index contributed by atoms with van der Waals surface area (Å²) in [5.41, 5.74) is 4.94. The van der Waals surface area contributed by atoms with Gasteiger partial charge < -0.3 is 5.73 Å². The lowest BCUT2D eigenvalue weighted by Gasteiger charge is -1.86. The molecule has 0 fully saturated rings. The van der Waals surface area contributed by atoms with Crippen molar-refractivity contribution in [1.82, 2.24) is 0 Å². The summed E-state index contributed by atoms with van der Waals surface area (Å²) in [6.45, 7) is 1.81. The summed E-state index contributed by atoms with van der Waals surface area (Å²) in [5.74, 6) is 0. The van der Waals surface area contributed by atoms with Crippen LogP contribution >= 0.6 is 0 Å². The highest BCUT2D eigenvalue weighted by Gasteiger charge is 1.96. The van der Waals surface area contributed by atoms with Gasteiger partial charge in [0.1, 0.15) is 17.8 Å². The molecular formula is C8H8N4. The molecule has 2 N–H and O–H groups in total. The topological polar surface area (TPSA) is 86.0 Å². The molecule has 0 spiro atoms. The summed E-state index contributed by atoms with van der Waals surface area (Å²) in [7, 11) is 0. The summed E-state index contributed by atoms with van der Waals surface area (Å²) < 4.78 is 0. The van der Waals surface area contributed by atoms with Crippen molar-refractivity contribution in [1.29, 1.82) is 10.5 Å². The molecule has 0 aliphatic heterocycles. The first-order valence-corrected chi connectivity index (χ1v) is 3.21. The van der Waals surface area contributed by atoms with Crippen LogP contribution in [0.5, 0.6) is 0 Å². The number of hydrogen-bond acceptors (Lipinski definition) is 4. The normalized spacial score (nSPS) is 12.6. The molecule has 0 bridgehead atoms. The molecule has 0 aliphatic rings. The Balaban J connectivity index is 4.65. The molecule has 0 heterocycles. The fourth-order valence-electron chi connectivity index (χ4n) is 0.415. The number of nitrogens with two attached hydrogens (primary N) is 1. The molecule has 0 saturated carbocycles. The first-order chi connectivity index (χ1) is 5.76. The van der Waals surface area contributed by atoms with Crippen LogP contribution in [0.3, 0.4) is 0 Å². The Labute approximate surface area is 70.9 Å². The van der Waals surface area contributed by atoms with E-state index in [1.807, 2.05) is 6.92 Å². The van der Waals surface area contributed by atoms with Crippen LogP contribution < -0.4 is 5.73 Å². The Bertz CT molecular complexity index is 309. The third-order valence-electron chi connectivity index (χ3n) is 0.964. The second-order valence-corrected chi connectivity index (χ2v) is 1.79. The van der Waals surface area contributed by atoms with Gasteiger partial charge in [-0.25, -0.2) is 4.99 Å².